The average molecular weight is 437 g/mol. The van der Waals surface area contributed by atoms with Crippen molar-refractivity contribution in [2.24, 2.45) is 0 Å². The summed E-state index contributed by atoms with van der Waals surface area (Å²) in [6.07, 6.45) is 1.52. The SMILES string of the molecule is COc1ccc(Cl)cc1/C=C1/SC(=O)N(CC(=O)Nc2ccccc2Cl)C1=O. The van der Waals surface area contributed by atoms with Crippen molar-refractivity contribution in [3.8, 4) is 5.75 Å². The van der Waals surface area contributed by atoms with Crippen molar-refractivity contribution in [1.29, 1.82) is 0 Å². The van der Waals surface area contributed by atoms with Crippen LogP contribution in [0.25, 0.3) is 6.08 Å². The number of methoxy groups -OCH3 is 1. The highest BCUT2D eigenvalue weighted by molar-refractivity contribution is 8.18. The molecule has 1 heterocycles. The maximum Gasteiger partial charge on any atom is 0.294 e. The van der Waals surface area contributed by atoms with E-state index in [1.54, 1.807) is 42.5 Å². The summed E-state index contributed by atoms with van der Waals surface area (Å²) in [5.41, 5.74) is 0.960. The Labute approximate surface area is 175 Å². The number of amides is 3. The van der Waals surface area contributed by atoms with E-state index in [4.69, 9.17) is 27.9 Å². The Morgan fingerprint density at radius 3 is 2.68 bits per heavy atom. The Balaban J connectivity index is 1.76. The average Bonchev–Trinajstić information content (AvgIpc) is 2.91. The first-order chi connectivity index (χ1) is 13.4. The second kappa shape index (κ2) is 8.68. The van der Waals surface area contributed by atoms with Crippen molar-refractivity contribution < 1.29 is 19.1 Å². The molecule has 1 saturated heterocycles. The van der Waals surface area contributed by atoms with E-state index in [1.165, 1.54) is 13.2 Å². The van der Waals surface area contributed by atoms with Gasteiger partial charge in [0.1, 0.15) is 12.3 Å². The van der Waals surface area contributed by atoms with Crippen molar-refractivity contribution in [3.63, 3.8) is 0 Å². The highest BCUT2D eigenvalue weighted by Crippen LogP contribution is 2.34. The number of rotatable bonds is 5. The van der Waals surface area contributed by atoms with Crippen LogP contribution in [-0.4, -0.2) is 35.6 Å². The fourth-order valence-corrected chi connectivity index (χ4v) is 3.68. The monoisotopic (exact) mass is 436 g/mol. The van der Waals surface area contributed by atoms with Gasteiger partial charge in [-0.15, -0.1) is 0 Å². The van der Waals surface area contributed by atoms with Crippen LogP contribution < -0.4 is 10.1 Å². The smallest absolute Gasteiger partial charge is 0.294 e. The molecular weight excluding hydrogens is 423 g/mol. The van der Waals surface area contributed by atoms with Gasteiger partial charge in [0.05, 0.1) is 22.7 Å². The van der Waals surface area contributed by atoms with Crippen LogP contribution in [0.15, 0.2) is 47.4 Å². The zero-order chi connectivity index (χ0) is 20.3. The first-order valence-electron chi connectivity index (χ1n) is 8.02. The van der Waals surface area contributed by atoms with Gasteiger partial charge in [-0.05, 0) is 48.2 Å². The molecule has 1 aliphatic rings. The van der Waals surface area contributed by atoms with Gasteiger partial charge < -0.3 is 10.1 Å². The molecule has 9 heteroatoms. The minimum atomic E-state index is -0.564. The van der Waals surface area contributed by atoms with Gasteiger partial charge >= 0.3 is 0 Å². The molecule has 0 atom stereocenters. The number of thioether (sulfide) groups is 1. The molecule has 3 rings (SSSR count). The quantitative estimate of drug-likeness (QED) is 0.688. The molecule has 0 aliphatic carbocycles. The van der Waals surface area contributed by atoms with E-state index in [0.29, 0.717) is 27.0 Å². The van der Waals surface area contributed by atoms with Gasteiger partial charge in [-0.25, -0.2) is 0 Å². The number of anilines is 1. The molecule has 0 unspecified atom stereocenters. The normalized spacial score (nSPS) is 15.2. The van der Waals surface area contributed by atoms with Gasteiger partial charge in [0.25, 0.3) is 11.1 Å². The number of nitrogens with one attached hydrogen (secondary N) is 1. The Hall–Kier alpha value is -2.48. The van der Waals surface area contributed by atoms with Crippen LogP contribution in [0.2, 0.25) is 10.0 Å². The first-order valence-corrected chi connectivity index (χ1v) is 9.59. The fraction of sp³-hybridized carbons (Fsp3) is 0.105. The zero-order valence-electron chi connectivity index (χ0n) is 14.6. The van der Waals surface area contributed by atoms with Crippen LogP contribution in [0.4, 0.5) is 10.5 Å². The highest BCUT2D eigenvalue weighted by Gasteiger charge is 2.36. The van der Waals surface area contributed by atoms with Gasteiger partial charge in [-0.1, -0.05) is 35.3 Å². The summed E-state index contributed by atoms with van der Waals surface area (Å²) in [6, 6.07) is 11.6. The van der Waals surface area contributed by atoms with Crippen LogP contribution in [0.3, 0.4) is 0 Å². The second-order valence-corrected chi connectivity index (χ2v) is 7.52. The predicted octanol–water partition coefficient (Wildman–Crippen LogP) is 4.68. The molecule has 0 radical (unpaired) electrons. The molecule has 1 fully saturated rings. The van der Waals surface area contributed by atoms with E-state index in [0.717, 1.165) is 16.7 Å². The minimum Gasteiger partial charge on any atom is -0.496 e. The van der Waals surface area contributed by atoms with Gasteiger partial charge in [0.2, 0.25) is 5.91 Å². The van der Waals surface area contributed by atoms with Gasteiger partial charge in [0.15, 0.2) is 0 Å². The maximum absolute atomic E-state index is 12.6. The molecular formula is C19H14Cl2N2O4S. The number of halogens is 2. The number of hydrogen-bond acceptors (Lipinski definition) is 5. The molecule has 2 aromatic carbocycles. The lowest BCUT2D eigenvalue weighted by Gasteiger charge is -2.13. The lowest BCUT2D eigenvalue weighted by molar-refractivity contribution is -0.127. The van der Waals surface area contributed by atoms with E-state index in [9.17, 15) is 14.4 Å². The topological polar surface area (TPSA) is 75.7 Å². The third-order valence-electron chi connectivity index (χ3n) is 3.80. The standard InChI is InChI=1S/C19H14Cl2N2O4S/c1-27-15-7-6-12(20)8-11(15)9-16-18(25)23(19(26)28-16)10-17(24)22-14-5-3-2-4-13(14)21/h2-9H,10H2,1H3,(H,22,24)/b16-9+. The number of carbonyl (C=O) groups is 3. The summed E-state index contributed by atoms with van der Waals surface area (Å²) >= 11 is 12.7. The maximum atomic E-state index is 12.6. The van der Waals surface area contributed by atoms with Gasteiger partial charge in [-0.3, -0.25) is 19.3 Å². The van der Waals surface area contributed by atoms with E-state index >= 15 is 0 Å². The van der Waals surface area contributed by atoms with Crippen LogP contribution in [-0.2, 0) is 9.59 Å². The summed E-state index contributed by atoms with van der Waals surface area (Å²) in [4.78, 5) is 38.1. The predicted molar refractivity (Wildman–Crippen MR) is 111 cm³/mol. The number of nitrogens with zero attached hydrogens (tertiary/aromatic N) is 1. The van der Waals surface area contributed by atoms with Gasteiger partial charge in [0, 0.05) is 10.6 Å². The second-order valence-electron chi connectivity index (χ2n) is 5.68. The molecule has 1 aliphatic heterocycles. The van der Waals surface area contributed by atoms with Crippen molar-refractivity contribution >= 4 is 63.8 Å². The molecule has 0 aromatic heterocycles. The van der Waals surface area contributed by atoms with E-state index in [1.807, 2.05) is 0 Å². The summed E-state index contributed by atoms with van der Waals surface area (Å²) < 4.78 is 5.24. The Morgan fingerprint density at radius 2 is 1.96 bits per heavy atom. The molecule has 6 nitrogen and oxygen atoms in total. The number of carbonyl (C=O) groups excluding carboxylic acids is 3. The summed E-state index contributed by atoms with van der Waals surface area (Å²) in [5, 5.41) is 2.87. The Kier molecular flexibility index (Phi) is 6.28. The number of hydrogen-bond donors (Lipinski definition) is 1. The zero-order valence-corrected chi connectivity index (χ0v) is 16.9. The number of ether oxygens (including phenoxy) is 1. The van der Waals surface area contributed by atoms with Crippen LogP contribution >= 0.6 is 35.0 Å². The van der Waals surface area contributed by atoms with Crippen LogP contribution in [0, 0.1) is 0 Å². The summed E-state index contributed by atoms with van der Waals surface area (Å²) in [5.74, 6) is -0.587. The Morgan fingerprint density at radius 1 is 1.21 bits per heavy atom. The molecule has 2 aromatic rings. The molecule has 3 amide bonds. The van der Waals surface area contributed by atoms with Crippen molar-refractivity contribution in [2.75, 3.05) is 19.0 Å². The molecule has 144 valence electrons. The van der Waals surface area contributed by atoms with Crippen LogP contribution in [0.1, 0.15) is 5.56 Å². The highest BCUT2D eigenvalue weighted by atomic mass is 35.5. The molecule has 0 spiro atoms. The van der Waals surface area contributed by atoms with Crippen molar-refractivity contribution in [2.45, 2.75) is 0 Å². The first kappa shape index (κ1) is 20.3. The minimum absolute atomic E-state index is 0.177. The van der Waals surface area contributed by atoms with Crippen molar-refractivity contribution in [3.05, 3.63) is 63.0 Å². The third-order valence-corrected chi connectivity index (χ3v) is 5.27. The number of para-hydroxylation sites is 1. The summed E-state index contributed by atoms with van der Waals surface area (Å²) in [7, 11) is 1.49. The van der Waals surface area contributed by atoms with E-state index < -0.39 is 23.6 Å². The largest absolute Gasteiger partial charge is 0.496 e. The molecule has 1 N–H and O–H groups in total. The molecule has 28 heavy (non-hydrogen) atoms. The number of imide groups is 1. The lowest BCUT2D eigenvalue weighted by atomic mass is 10.2. The van der Waals surface area contributed by atoms with E-state index in [2.05, 4.69) is 5.32 Å². The van der Waals surface area contributed by atoms with E-state index in [-0.39, 0.29) is 4.91 Å². The molecule has 0 bridgehead atoms. The van der Waals surface area contributed by atoms with Crippen LogP contribution in [0.5, 0.6) is 5.75 Å². The number of benzene rings is 2. The van der Waals surface area contributed by atoms with Gasteiger partial charge in [-0.2, -0.15) is 0 Å². The Bertz CT molecular complexity index is 994. The molecule has 0 saturated carbocycles. The van der Waals surface area contributed by atoms with Crippen molar-refractivity contribution in [1.82, 2.24) is 4.90 Å². The summed E-state index contributed by atoms with van der Waals surface area (Å²) in [6.45, 7) is -0.417. The third kappa shape index (κ3) is 4.49. The lowest BCUT2D eigenvalue weighted by Crippen LogP contribution is -2.36. The fourth-order valence-electron chi connectivity index (χ4n) is 2.49.